The van der Waals surface area contributed by atoms with Crippen LogP contribution >= 0.6 is 0 Å². The Morgan fingerprint density at radius 1 is 1.23 bits per heavy atom. The summed E-state index contributed by atoms with van der Waals surface area (Å²) in [5, 5.41) is 24.4. The first-order valence-corrected chi connectivity index (χ1v) is 9.80. The number of halogens is 3. The van der Waals surface area contributed by atoms with E-state index in [0.717, 1.165) is 12.1 Å². The second-order valence-electron chi connectivity index (χ2n) is 6.67. The maximum Gasteiger partial charge on any atom is 0.416 e. The predicted molar refractivity (Wildman–Crippen MR) is 100 cm³/mol. The SMILES string of the molecule is Cc1cc(-c2ccc(C(F)(F)F)cc2N[S-](=O)=O)nnc1NC1CNCCC1O.[Re]. The number of aromatic nitrogens is 2. The van der Waals surface area contributed by atoms with Gasteiger partial charge in [-0.25, -0.2) is 0 Å². The third-order valence-corrected chi connectivity index (χ3v) is 4.95. The van der Waals surface area contributed by atoms with Gasteiger partial charge in [0.25, 0.3) is 0 Å². The van der Waals surface area contributed by atoms with E-state index in [4.69, 9.17) is 0 Å². The summed E-state index contributed by atoms with van der Waals surface area (Å²) in [6.45, 7) is 2.99. The number of aliphatic hydroxyl groups excluding tert-OH is 1. The number of anilines is 2. The van der Waals surface area contributed by atoms with Crippen LogP contribution in [0, 0.1) is 6.92 Å². The number of aryl methyl sites for hydroxylation is 1. The van der Waals surface area contributed by atoms with Gasteiger partial charge in [0.05, 0.1) is 23.4 Å². The fourth-order valence-electron chi connectivity index (χ4n) is 3.05. The number of hydrogen-bond acceptors (Lipinski definition) is 8. The summed E-state index contributed by atoms with van der Waals surface area (Å²) in [5.74, 6) is 0.426. The summed E-state index contributed by atoms with van der Waals surface area (Å²) in [6, 6.07) is 4.02. The molecule has 4 N–H and O–H groups in total. The molecule has 2 aromatic rings. The first-order chi connectivity index (χ1) is 13.6. The minimum absolute atomic E-state index is 0. The van der Waals surface area contributed by atoms with Crippen LogP contribution in [0.15, 0.2) is 24.3 Å². The quantitative estimate of drug-likeness (QED) is 0.381. The van der Waals surface area contributed by atoms with E-state index in [2.05, 4.69) is 20.8 Å². The Kier molecular flexibility index (Phi) is 8.18. The molecule has 13 heteroatoms. The zero-order valence-electron chi connectivity index (χ0n) is 15.7. The van der Waals surface area contributed by atoms with E-state index in [0.29, 0.717) is 37.0 Å². The average Bonchev–Trinajstić information content (AvgIpc) is 2.64. The number of aliphatic hydroxyl groups is 1. The Hall–Kier alpha value is -1.78. The number of piperidine rings is 1. The molecule has 0 bridgehead atoms. The molecule has 1 aromatic heterocycles. The largest absolute Gasteiger partial charge is 0.419 e. The second-order valence-corrected chi connectivity index (χ2v) is 7.34. The number of benzene rings is 1. The summed E-state index contributed by atoms with van der Waals surface area (Å²) < 4.78 is 62.9. The summed E-state index contributed by atoms with van der Waals surface area (Å²) in [6.07, 6.45) is -4.58. The minimum atomic E-state index is -4.62. The molecule has 2 heterocycles. The van der Waals surface area contributed by atoms with Crippen molar-refractivity contribution >= 4 is 22.4 Å². The number of hydrogen-bond donors (Lipinski definition) is 4. The Labute approximate surface area is 186 Å². The topological polar surface area (TPSA) is 116 Å². The Bertz CT molecular complexity index is 966. The monoisotopic (exact) mass is 617 g/mol. The van der Waals surface area contributed by atoms with Crippen LogP contribution in [0.3, 0.4) is 0 Å². The third-order valence-electron chi connectivity index (χ3n) is 4.57. The van der Waals surface area contributed by atoms with Crippen molar-refractivity contribution in [3.05, 3.63) is 35.4 Å². The smallest absolute Gasteiger partial charge is 0.416 e. The molecule has 0 spiro atoms. The van der Waals surface area contributed by atoms with Gasteiger partial charge in [0.15, 0.2) is 5.82 Å². The van der Waals surface area contributed by atoms with E-state index in [9.17, 15) is 26.7 Å². The first kappa shape index (κ1) is 24.5. The molecule has 1 aromatic carbocycles. The van der Waals surface area contributed by atoms with Gasteiger partial charge in [-0.05, 0) is 43.7 Å². The molecule has 1 saturated heterocycles. The Morgan fingerprint density at radius 2 is 1.97 bits per heavy atom. The van der Waals surface area contributed by atoms with Crippen LogP contribution in [0.25, 0.3) is 11.3 Å². The molecule has 8 nitrogen and oxygen atoms in total. The Balaban J connectivity index is 0.00000320. The van der Waals surface area contributed by atoms with Crippen LogP contribution in [0.5, 0.6) is 0 Å². The fraction of sp³-hybridized carbons (Fsp3) is 0.412. The third kappa shape index (κ3) is 5.89. The normalized spacial score (nSPS) is 19.3. The van der Waals surface area contributed by atoms with Crippen LogP contribution in [0.4, 0.5) is 24.7 Å². The molecule has 1 radical (unpaired) electrons. The molecule has 3 rings (SSSR count). The second kappa shape index (κ2) is 10.0. The molecule has 1 aliphatic heterocycles. The van der Waals surface area contributed by atoms with Crippen LogP contribution in [0.1, 0.15) is 17.5 Å². The van der Waals surface area contributed by atoms with Crippen LogP contribution in [0.2, 0.25) is 0 Å². The van der Waals surface area contributed by atoms with Gasteiger partial charge >= 0.3 is 6.18 Å². The summed E-state index contributed by atoms with van der Waals surface area (Å²) in [4.78, 5) is 0. The van der Waals surface area contributed by atoms with Crippen molar-refractivity contribution in [1.82, 2.24) is 15.5 Å². The van der Waals surface area contributed by atoms with Crippen molar-refractivity contribution < 1.29 is 47.1 Å². The van der Waals surface area contributed by atoms with Crippen molar-refractivity contribution in [3.63, 3.8) is 0 Å². The predicted octanol–water partition coefficient (Wildman–Crippen LogP) is 2.24. The van der Waals surface area contributed by atoms with Crippen LogP contribution < -0.4 is 15.4 Å². The minimum Gasteiger partial charge on any atom is -0.419 e. The molecule has 30 heavy (non-hydrogen) atoms. The van der Waals surface area contributed by atoms with Gasteiger partial charge in [-0.2, -0.15) is 13.2 Å². The van der Waals surface area contributed by atoms with Gasteiger partial charge in [0, 0.05) is 49.1 Å². The van der Waals surface area contributed by atoms with Crippen LogP contribution in [-0.2, 0) is 45.9 Å². The molecule has 2 unspecified atom stereocenters. The number of rotatable bonds is 5. The number of alkyl halides is 3. The molecule has 165 valence electrons. The molecule has 0 amide bonds. The van der Waals surface area contributed by atoms with Crippen molar-refractivity contribution in [2.45, 2.75) is 31.7 Å². The van der Waals surface area contributed by atoms with Crippen molar-refractivity contribution in [3.8, 4) is 11.3 Å². The van der Waals surface area contributed by atoms with Gasteiger partial charge in [0.1, 0.15) is 0 Å². The molecular formula is C17H19F3N5O3ReS-. The van der Waals surface area contributed by atoms with Crippen molar-refractivity contribution in [1.29, 1.82) is 0 Å². The summed E-state index contributed by atoms with van der Waals surface area (Å²) in [7, 11) is -2.82. The number of nitrogens with one attached hydrogen (secondary N) is 3. The molecular weight excluding hydrogens is 597 g/mol. The summed E-state index contributed by atoms with van der Waals surface area (Å²) >= 11 is 0. The van der Waals surface area contributed by atoms with Gasteiger partial charge in [-0.15, -0.1) is 10.2 Å². The van der Waals surface area contributed by atoms with E-state index in [1.165, 1.54) is 0 Å². The molecule has 2 atom stereocenters. The van der Waals surface area contributed by atoms with E-state index < -0.39 is 28.7 Å². The first-order valence-electron chi connectivity index (χ1n) is 8.72. The molecule has 0 saturated carbocycles. The molecule has 0 aliphatic carbocycles. The van der Waals surface area contributed by atoms with Gasteiger partial charge in [-0.1, -0.05) is 6.07 Å². The standard InChI is InChI=1S/C17H19F3N5O3S.Re/c1-9-6-12(23-24-16(9)22-14-8-21-5-4-15(14)26)11-3-2-10(17(18,19)20)7-13(11)25-29(27)28;/h2-3,6-7,14-15,21,26H,4-5,8H2,1H3,(H,22,24)(H,25,27,28);/q-1;. The molecule has 1 fully saturated rings. The number of nitrogens with zero attached hydrogens (tertiary/aromatic N) is 2. The Morgan fingerprint density at radius 3 is 2.57 bits per heavy atom. The summed E-state index contributed by atoms with van der Waals surface area (Å²) in [5.41, 5.74) is -0.243. The van der Waals surface area contributed by atoms with E-state index >= 15 is 0 Å². The van der Waals surface area contributed by atoms with E-state index in [-0.39, 0.29) is 43.4 Å². The van der Waals surface area contributed by atoms with Gasteiger partial charge in [0.2, 0.25) is 0 Å². The molecule has 1 aliphatic rings. The maximum absolute atomic E-state index is 13.0. The zero-order valence-corrected chi connectivity index (χ0v) is 19.2. The van der Waals surface area contributed by atoms with E-state index in [1.807, 2.05) is 4.72 Å². The van der Waals surface area contributed by atoms with Crippen molar-refractivity contribution in [2.24, 2.45) is 0 Å². The maximum atomic E-state index is 13.0. The van der Waals surface area contributed by atoms with Crippen LogP contribution in [-0.4, -0.2) is 40.5 Å². The van der Waals surface area contributed by atoms with E-state index in [1.54, 1.807) is 13.0 Å². The van der Waals surface area contributed by atoms with Gasteiger partial charge in [-0.3, -0.25) is 0 Å². The van der Waals surface area contributed by atoms with Gasteiger partial charge < -0.3 is 28.9 Å². The fourth-order valence-corrected chi connectivity index (χ4v) is 3.39. The average molecular weight is 617 g/mol. The zero-order chi connectivity index (χ0) is 21.2. The van der Waals surface area contributed by atoms with Crippen molar-refractivity contribution in [2.75, 3.05) is 23.1 Å².